The van der Waals surface area contributed by atoms with Gasteiger partial charge in [0.25, 0.3) is 0 Å². The van der Waals surface area contributed by atoms with Gasteiger partial charge in [-0.15, -0.1) is 0 Å². The van der Waals surface area contributed by atoms with Gasteiger partial charge in [0.15, 0.2) is 9.84 Å². The summed E-state index contributed by atoms with van der Waals surface area (Å²) in [7, 11) is -2.89. The first-order valence-electron chi connectivity index (χ1n) is 4.57. The second-order valence-electron chi connectivity index (χ2n) is 3.57. The van der Waals surface area contributed by atoms with Crippen LogP contribution in [0.4, 0.5) is 0 Å². The molecule has 0 aliphatic carbocycles. The van der Waals surface area contributed by atoms with Crippen LogP contribution in [0.1, 0.15) is 17.6 Å². The lowest BCUT2D eigenvalue weighted by Gasteiger charge is -2.21. The van der Waals surface area contributed by atoms with Crippen molar-refractivity contribution in [2.45, 2.75) is 13.0 Å². The van der Waals surface area contributed by atoms with E-state index >= 15 is 0 Å². The highest BCUT2D eigenvalue weighted by Crippen LogP contribution is 2.20. The number of furan rings is 1. The van der Waals surface area contributed by atoms with Gasteiger partial charge in [0.05, 0.1) is 17.5 Å². The van der Waals surface area contributed by atoms with Crippen molar-refractivity contribution in [3.8, 4) is 0 Å². The fraction of sp³-hybridized carbons (Fsp3) is 0.556. The van der Waals surface area contributed by atoms with Gasteiger partial charge in [-0.2, -0.15) is 0 Å². The van der Waals surface area contributed by atoms with Crippen molar-refractivity contribution < 1.29 is 12.8 Å². The monoisotopic (exact) mass is 215 g/mol. The van der Waals surface area contributed by atoms with Crippen LogP contribution < -0.4 is 5.32 Å². The Kier molecular flexibility index (Phi) is 2.36. The Labute approximate surface area is 83.2 Å². The Bertz CT molecular complexity index is 421. The fourth-order valence-corrected chi connectivity index (χ4v) is 2.99. The summed E-state index contributed by atoms with van der Waals surface area (Å²) in [5.41, 5.74) is 0. The van der Waals surface area contributed by atoms with Crippen molar-refractivity contribution in [1.82, 2.24) is 5.32 Å². The predicted molar refractivity (Wildman–Crippen MR) is 52.8 cm³/mol. The van der Waals surface area contributed by atoms with Crippen LogP contribution >= 0.6 is 0 Å². The lowest BCUT2D eigenvalue weighted by molar-refractivity contribution is 0.413. The summed E-state index contributed by atoms with van der Waals surface area (Å²) in [5.74, 6) is 1.89. The van der Waals surface area contributed by atoms with E-state index in [1.54, 1.807) is 0 Å². The first-order chi connectivity index (χ1) is 6.57. The highest BCUT2D eigenvalue weighted by molar-refractivity contribution is 7.91. The highest BCUT2D eigenvalue weighted by Gasteiger charge is 2.27. The number of sulfone groups is 1. The van der Waals surface area contributed by atoms with Gasteiger partial charge in [0, 0.05) is 6.54 Å². The minimum absolute atomic E-state index is 0.139. The quantitative estimate of drug-likeness (QED) is 0.747. The van der Waals surface area contributed by atoms with Gasteiger partial charge >= 0.3 is 0 Å². The van der Waals surface area contributed by atoms with Crippen molar-refractivity contribution in [3.63, 3.8) is 0 Å². The molecular formula is C9H13NO3S. The summed E-state index contributed by atoms with van der Waals surface area (Å²) in [6.07, 6.45) is 0. The minimum Gasteiger partial charge on any atom is -0.465 e. The molecule has 0 amide bonds. The van der Waals surface area contributed by atoms with Gasteiger partial charge < -0.3 is 9.73 Å². The molecule has 78 valence electrons. The Morgan fingerprint density at radius 1 is 1.50 bits per heavy atom. The number of aryl methyl sites for hydroxylation is 1. The molecule has 0 unspecified atom stereocenters. The summed E-state index contributed by atoms with van der Waals surface area (Å²) in [4.78, 5) is 0. The summed E-state index contributed by atoms with van der Waals surface area (Å²) >= 11 is 0. The Morgan fingerprint density at radius 2 is 2.29 bits per heavy atom. The smallest absolute Gasteiger partial charge is 0.153 e. The van der Waals surface area contributed by atoms with Gasteiger partial charge in [0.2, 0.25) is 0 Å². The molecule has 14 heavy (non-hydrogen) atoms. The third-order valence-electron chi connectivity index (χ3n) is 2.33. The normalized spacial score (nSPS) is 26.2. The van der Waals surface area contributed by atoms with Crippen molar-refractivity contribution >= 4 is 9.84 Å². The molecule has 0 aromatic carbocycles. The number of hydrogen-bond donors (Lipinski definition) is 1. The van der Waals surface area contributed by atoms with Crippen LogP contribution in [0.2, 0.25) is 0 Å². The summed E-state index contributed by atoms with van der Waals surface area (Å²) in [6.45, 7) is 2.35. The average molecular weight is 215 g/mol. The first kappa shape index (κ1) is 9.73. The largest absolute Gasteiger partial charge is 0.465 e. The zero-order valence-electron chi connectivity index (χ0n) is 7.99. The van der Waals surface area contributed by atoms with E-state index in [0.29, 0.717) is 12.3 Å². The minimum atomic E-state index is -2.89. The van der Waals surface area contributed by atoms with Crippen LogP contribution in [0.25, 0.3) is 0 Å². The zero-order chi connectivity index (χ0) is 10.2. The standard InChI is InChI=1S/C9H13NO3S/c1-7-2-3-9(13-7)8-6-14(11,12)5-4-10-8/h2-3,8,10H,4-6H2,1H3/t8-/m1/s1. The molecule has 4 nitrogen and oxygen atoms in total. The molecule has 1 fully saturated rings. The second-order valence-corrected chi connectivity index (χ2v) is 5.80. The first-order valence-corrected chi connectivity index (χ1v) is 6.39. The molecule has 0 radical (unpaired) electrons. The van der Waals surface area contributed by atoms with Gasteiger partial charge in [0.1, 0.15) is 11.5 Å². The van der Waals surface area contributed by atoms with E-state index in [9.17, 15) is 8.42 Å². The molecular weight excluding hydrogens is 202 g/mol. The van der Waals surface area contributed by atoms with Crippen LogP contribution in [0.15, 0.2) is 16.5 Å². The van der Waals surface area contributed by atoms with Gasteiger partial charge in [-0.25, -0.2) is 8.42 Å². The van der Waals surface area contributed by atoms with Crippen molar-refractivity contribution in [2.75, 3.05) is 18.1 Å². The molecule has 1 atom stereocenters. The Morgan fingerprint density at radius 3 is 2.86 bits per heavy atom. The SMILES string of the molecule is Cc1ccc([C@H]2CS(=O)(=O)CCN2)o1. The van der Waals surface area contributed by atoms with E-state index in [2.05, 4.69) is 5.32 Å². The number of rotatable bonds is 1. The molecule has 0 bridgehead atoms. The lowest BCUT2D eigenvalue weighted by atomic mass is 10.2. The van der Waals surface area contributed by atoms with Gasteiger partial charge in [-0.05, 0) is 19.1 Å². The van der Waals surface area contributed by atoms with Crippen molar-refractivity contribution in [2.24, 2.45) is 0 Å². The van der Waals surface area contributed by atoms with E-state index in [-0.39, 0.29) is 17.5 Å². The van der Waals surface area contributed by atoms with Crippen molar-refractivity contribution in [3.05, 3.63) is 23.7 Å². The number of hydrogen-bond acceptors (Lipinski definition) is 4. The van der Waals surface area contributed by atoms with Crippen LogP contribution in [0, 0.1) is 6.92 Å². The summed E-state index contributed by atoms with van der Waals surface area (Å²) in [5, 5.41) is 3.13. The Hall–Kier alpha value is -0.810. The third-order valence-corrected chi connectivity index (χ3v) is 4.00. The Balaban J connectivity index is 2.20. The second kappa shape index (κ2) is 3.40. The maximum absolute atomic E-state index is 11.4. The highest BCUT2D eigenvalue weighted by atomic mass is 32.2. The molecule has 1 aliphatic heterocycles. The van der Waals surface area contributed by atoms with E-state index in [1.807, 2.05) is 19.1 Å². The summed E-state index contributed by atoms with van der Waals surface area (Å²) < 4.78 is 28.1. The maximum Gasteiger partial charge on any atom is 0.153 e. The predicted octanol–water partition coefficient (Wildman–Crippen LogP) is 0.647. The molecule has 1 saturated heterocycles. The van der Waals surface area contributed by atoms with E-state index in [0.717, 1.165) is 5.76 Å². The van der Waals surface area contributed by atoms with Crippen molar-refractivity contribution in [1.29, 1.82) is 0 Å². The van der Waals surface area contributed by atoms with Gasteiger partial charge in [-0.3, -0.25) is 0 Å². The van der Waals surface area contributed by atoms with Crippen LogP contribution in [-0.4, -0.2) is 26.5 Å². The van der Waals surface area contributed by atoms with E-state index in [4.69, 9.17) is 4.42 Å². The maximum atomic E-state index is 11.4. The third kappa shape index (κ3) is 1.99. The average Bonchev–Trinajstić information content (AvgIpc) is 2.50. The number of nitrogens with one attached hydrogen (secondary N) is 1. The molecule has 2 heterocycles. The van der Waals surface area contributed by atoms with Gasteiger partial charge in [-0.1, -0.05) is 0 Å². The molecule has 1 aromatic heterocycles. The molecule has 2 rings (SSSR count). The summed E-state index contributed by atoms with van der Waals surface area (Å²) in [6, 6.07) is 3.49. The molecule has 5 heteroatoms. The molecule has 0 spiro atoms. The van der Waals surface area contributed by atoms with Crippen LogP contribution in [-0.2, 0) is 9.84 Å². The molecule has 1 aromatic rings. The fourth-order valence-electron chi connectivity index (χ4n) is 1.61. The molecule has 0 saturated carbocycles. The van der Waals surface area contributed by atoms with E-state index in [1.165, 1.54) is 0 Å². The molecule has 1 aliphatic rings. The molecule has 1 N–H and O–H groups in total. The lowest BCUT2D eigenvalue weighted by Crippen LogP contribution is -2.38. The van der Waals surface area contributed by atoms with Crippen LogP contribution in [0.3, 0.4) is 0 Å². The zero-order valence-corrected chi connectivity index (χ0v) is 8.80. The van der Waals surface area contributed by atoms with Crippen LogP contribution in [0.5, 0.6) is 0 Å². The topological polar surface area (TPSA) is 59.3 Å². The van der Waals surface area contributed by atoms with E-state index < -0.39 is 9.84 Å².